The quantitative estimate of drug-likeness (QED) is 0.859. The molecular formula is C18H22ClN5O. The van der Waals surface area contributed by atoms with Crippen LogP contribution in [0, 0.1) is 0 Å². The Balaban J connectivity index is 1.37. The molecular weight excluding hydrogens is 338 g/mol. The first-order valence-corrected chi connectivity index (χ1v) is 9.21. The summed E-state index contributed by atoms with van der Waals surface area (Å²) in [5.74, 6) is -0.152. The second kappa shape index (κ2) is 6.77. The molecule has 0 radical (unpaired) electrons. The highest BCUT2D eigenvalue weighted by Gasteiger charge is 2.44. The molecule has 25 heavy (non-hydrogen) atoms. The van der Waals surface area contributed by atoms with Crippen LogP contribution in [-0.4, -0.2) is 40.5 Å². The van der Waals surface area contributed by atoms with Gasteiger partial charge in [0.25, 0.3) is 5.91 Å². The zero-order valence-electron chi connectivity index (χ0n) is 14.0. The summed E-state index contributed by atoms with van der Waals surface area (Å²) >= 11 is 5.96. The van der Waals surface area contributed by atoms with Crippen molar-refractivity contribution >= 4 is 17.5 Å². The summed E-state index contributed by atoms with van der Waals surface area (Å²) in [5.41, 5.74) is 1.67. The number of halogens is 1. The lowest BCUT2D eigenvalue weighted by atomic mass is 9.96. The van der Waals surface area contributed by atoms with E-state index in [2.05, 4.69) is 33.1 Å². The third kappa shape index (κ3) is 3.55. The van der Waals surface area contributed by atoms with Crippen molar-refractivity contribution in [1.82, 2.24) is 25.6 Å². The van der Waals surface area contributed by atoms with Gasteiger partial charge in [-0.25, -0.2) is 4.68 Å². The van der Waals surface area contributed by atoms with E-state index in [0.717, 1.165) is 43.8 Å². The lowest BCUT2D eigenvalue weighted by molar-refractivity contribution is 0.0944. The largest absolute Gasteiger partial charge is 0.350 e. The van der Waals surface area contributed by atoms with E-state index in [1.807, 2.05) is 16.8 Å². The molecule has 2 N–H and O–H groups in total. The second-order valence-corrected chi connectivity index (χ2v) is 7.47. The molecule has 1 aromatic heterocycles. The van der Waals surface area contributed by atoms with Gasteiger partial charge in [0, 0.05) is 17.0 Å². The normalized spacial score (nSPS) is 19.6. The van der Waals surface area contributed by atoms with Crippen molar-refractivity contribution in [2.75, 3.05) is 19.6 Å². The van der Waals surface area contributed by atoms with Crippen LogP contribution in [0.15, 0.2) is 30.5 Å². The highest BCUT2D eigenvalue weighted by molar-refractivity contribution is 6.30. The number of hydrogen-bond acceptors (Lipinski definition) is 4. The molecule has 2 fully saturated rings. The third-order valence-corrected chi connectivity index (χ3v) is 5.58. The molecule has 0 spiro atoms. The molecule has 0 bridgehead atoms. The number of aromatic nitrogens is 3. The fourth-order valence-corrected chi connectivity index (χ4v) is 3.62. The van der Waals surface area contributed by atoms with Gasteiger partial charge < -0.3 is 10.6 Å². The number of hydrogen-bond donors (Lipinski definition) is 2. The molecule has 2 aromatic rings. The minimum absolute atomic E-state index is 0.0469. The maximum absolute atomic E-state index is 12.4. The highest BCUT2D eigenvalue weighted by atomic mass is 35.5. The minimum atomic E-state index is -0.152. The molecule has 7 heteroatoms. The Morgan fingerprint density at radius 2 is 2.00 bits per heavy atom. The van der Waals surface area contributed by atoms with Crippen molar-refractivity contribution in [2.45, 2.75) is 37.1 Å². The first kappa shape index (κ1) is 16.5. The standard InChI is InChI=1S/C18H22ClN5O/c19-14-3-1-13(2-4-14)18(7-8-18)12-21-17(25)16-11-24(23-22-16)15-5-9-20-10-6-15/h1-4,11,15,20H,5-10,12H2,(H,21,25). The van der Waals surface area contributed by atoms with Gasteiger partial charge in [-0.3, -0.25) is 4.79 Å². The zero-order valence-corrected chi connectivity index (χ0v) is 14.8. The monoisotopic (exact) mass is 359 g/mol. The molecule has 2 heterocycles. The predicted molar refractivity (Wildman–Crippen MR) is 95.9 cm³/mol. The van der Waals surface area contributed by atoms with Gasteiger partial charge in [0.1, 0.15) is 0 Å². The topological polar surface area (TPSA) is 71.8 Å². The Kier molecular flexibility index (Phi) is 4.48. The molecule has 4 rings (SSSR count). The average molecular weight is 360 g/mol. The predicted octanol–water partition coefficient (Wildman–Crippen LogP) is 2.32. The Hall–Kier alpha value is -1.92. The molecule has 2 aliphatic rings. The van der Waals surface area contributed by atoms with E-state index < -0.39 is 0 Å². The molecule has 6 nitrogen and oxygen atoms in total. The number of nitrogens with one attached hydrogen (secondary N) is 2. The van der Waals surface area contributed by atoms with E-state index in [1.54, 1.807) is 6.20 Å². The SMILES string of the molecule is O=C(NCC1(c2ccc(Cl)cc2)CC1)c1cn(C2CCNCC2)nn1. The number of benzene rings is 1. The van der Waals surface area contributed by atoms with E-state index in [9.17, 15) is 4.79 Å². The van der Waals surface area contributed by atoms with Gasteiger partial charge in [-0.15, -0.1) is 5.10 Å². The molecule has 132 valence electrons. The maximum atomic E-state index is 12.4. The van der Waals surface area contributed by atoms with Crippen molar-refractivity contribution in [1.29, 1.82) is 0 Å². The van der Waals surface area contributed by atoms with Crippen molar-refractivity contribution in [3.8, 4) is 0 Å². The van der Waals surface area contributed by atoms with Crippen LogP contribution in [0.25, 0.3) is 0 Å². The lowest BCUT2D eigenvalue weighted by Crippen LogP contribution is -2.32. The van der Waals surface area contributed by atoms with Crippen molar-refractivity contribution in [3.63, 3.8) is 0 Å². The van der Waals surface area contributed by atoms with E-state index >= 15 is 0 Å². The molecule has 1 aromatic carbocycles. The van der Waals surface area contributed by atoms with E-state index in [4.69, 9.17) is 11.6 Å². The number of carbonyl (C=O) groups is 1. The van der Waals surface area contributed by atoms with E-state index in [-0.39, 0.29) is 11.3 Å². The van der Waals surface area contributed by atoms with Gasteiger partial charge >= 0.3 is 0 Å². The lowest BCUT2D eigenvalue weighted by Gasteiger charge is -2.22. The Morgan fingerprint density at radius 3 is 2.68 bits per heavy atom. The summed E-state index contributed by atoms with van der Waals surface area (Å²) in [7, 11) is 0. The smallest absolute Gasteiger partial charge is 0.273 e. The summed E-state index contributed by atoms with van der Waals surface area (Å²) in [6, 6.07) is 8.25. The van der Waals surface area contributed by atoms with Gasteiger partial charge in [0.05, 0.1) is 12.2 Å². The van der Waals surface area contributed by atoms with E-state index in [0.29, 0.717) is 18.3 Å². The van der Waals surface area contributed by atoms with Crippen LogP contribution in [0.3, 0.4) is 0 Å². The summed E-state index contributed by atoms with van der Waals surface area (Å²) in [6.07, 6.45) is 5.97. The number of rotatable bonds is 5. The summed E-state index contributed by atoms with van der Waals surface area (Å²) in [6.45, 7) is 2.58. The Labute approximate surface area is 151 Å². The zero-order chi connectivity index (χ0) is 17.3. The van der Waals surface area contributed by atoms with Crippen LogP contribution in [0.1, 0.15) is 47.8 Å². The number of carbonyl (C=O) groups excluding carboxylic acids is 1. The molecule has 0 unspecified atom stereocenters. The van der Waals surface area contributed by atoms with Crippen molar-refractivity contribution in [2.24, 2.45) is 0 Å². The van der Waals surface area contributed by atoms with Crippen LogP contribution >= 0.6 is 11.6 Å². The van der Waals surface area contributed by atoms with Crippen molar-refractivity contribution in [3.05, 3.63) is 46.7 Å². The van der Waals surface area contributed by atoms with Crippen LogP contribution < -0.4 is 10.6 Å². The second-order valence-electron chi connectivity index (χ2n) is 7.03. The number of nitrogens with zero attached hydrogens (tertiary/aromatic N) is 3. The first-order valence-electron chi connectivity index (χ1n) is 8.83. The molecule has 1 saturated carbocycles. The summed E-state index contributed by atoms with van der Waals surface area (Å²) < 4.78 is 1.84. The molecule has 0 atom stereocenters. The van der Waals surface area contributed by atoms with Crippen LogP contribution in [0.4, 0.5) is 0 Å². The van der Waals surface area contributed by atoms with Gasteiger partial charge in [0.15, 0.2) is 5.69 Å². The fraction of sp³-hybridized carbons (Fsp3) is 0.500. The van der Waals surface area contributed by atoms with Gasteiger partial charge in [-0.05, 0) is 56.5 Å². The first-order chi connectivity index (χ1) is 12.2. The number of amides is 1. The average Bonchev–Trinajstić information content (AvgIpc) is 3.27. The van der Waals surface area contributed by atoms with Gasteiger partial charge in [-0.1, -0.05) is 28.9 Å². The van der Waals surface area contributed by atoms with E-state index in [1.165, 1.54) is 5.56 Å². The minimum Gasteiger partial charge on any atom is -0.350 e. The molecule has 1 amide bonds. The number of piperidine rings is 1. The summed E-state index contributed by atoms with van der Waals surface area (Å²) in [5, 5.41) is 15.3. The molecule has 1 aliphatic heterocycles. The van der Waals surface area contributed by atoms with Crippen LogP contribution in [0.2, 0.25) is 5.02 Å². The van der Waals surface area contributed by atoms with Crippen LogP contribution in [-0.2, 0) is 5.41 Å². The maximum Gasteiger partial charge on any atom is 0.273 e. The highest BCUT2D eigenvalue weighted by Crippen LogP contribution is 2.47. The Morgan fingerprint density at radius 1 is 1.28 bits per heavy atom. The third-order valence-electron chi connectivity index (χ3n) is 5.32. The molecule has 1 aliphatic carbocycles. The Bertz CT molecular complexity index is 747. The van der Waals surface area contributed by atoms with Crippen LogP contribution in [0.5, 0.6) is 0 Å². The fourth-order valence-electron chi connectivity index (χ4n) is 3.49. The van der Waals surface area contributed by atoms with Gasteiger partial charge in [-0.2, -0.15) is 0 Å². The summed E-state index contributed by atoms with van der Waals surface area (Å²) in [4.78, 5) is 12.4. The molecule has 1 saturated heterocycles. The van der Waals surface area contributed by atoms with Gasteiger partial charge in [0.2, 0.25) is 0 Å². The van der Waals surface area contributed by atoms with Crippen molar-refractivity contribution < 1.29 is 4.79 Å².